The average molecular weight is 436 g/mol. The van der Waals surface area contributed by atoms with Crippen LogP contribution in [0.15, 0.2) is 82.6 Å². The number of amides is 1. The van der Waals surface area contributed by atoms with Crippen LogP contribution in [-0.2, 0) is 14.6 Å². The molecule has 2 N–H and O–H groups in total. The van der Waals surface area contributed by atoms with Crippen molar-refractivity contribution in [2.24, 2.45) is 0 Å². The first-order valence-electron chi connectivity index (χ1n) is 9.31. The van der Waals surface area contributed by atoms with Crippen LogP contribution in [0.4, 0.5) is 15.8 Å². The Bertz CT molecular complexity index is 1350. The van der Waals surface area contributed by atoms with Crippen LogP contribution < -0.4 is 10.6 Å². The number of fused-ring (bicyclic) bond motifs is 1. The fourth-order valence-corrected chi connectivity index (χ4v) is 4.98. The summed E-state index contributed by atoms with van der Waals surface area (Å²) in [4.78, 5) is 24.3. The lowest BCUT2D eigenvalue weighted by Gasteiger charge is -2.12. The zero-order valence-corrected chi connectivity index (χ0v) is 17.2. The van der Waals surface area contributed by atoms with E-state index in [1.54, 1.807) is 42.5 Å². The molecule has 3 aromatic rings. The van der Waals surface area contributed by atoms with Gasteiger partial charge in [-0.15, -0.1) is 0 Å². The molecular weight excluding hydrogens is 419 g/mol. The molecule has 156 valence electrons. The first-order chi connectivity index (χ1) is 14.8. The standard InChI is InChI=1S/C23H17FN2O4S/c1-14(27)15-5-4-6-18(13-15)25-21-19-7-2-3-8-20(19)31(29,30)22(21)23(28)26-17-11-9-16(24)10-12-17/h2-13,25H,1H3,(H,26,28). The summed E-state index contributed by atoms with van der Waals surface area (Å²) in [5, 5.41) is 5.51. The van der Waals surface area contributed by atoms with Crippen LogP contribution in [-0.4, -0.2) is 20.1 Å². The van der Waals surface area contributed by atoms with E-state index < -0.39 is 26.5 Å². The lowest BCUT2D eigenvalue weighted by atomic mass is 10.1. The Hall–Kier alpha value is -3.78. The van der Waals surface area contributed by atoms with Crippen molar-refractivity contribution in [2.45, 2.75) is 11.8 Å². The Balaban J connectivity index is 1.81. The number of nitrogens with one attached hydrogen (secondary N) is 2. The van der Waals surface area contributed by atoms with Gasteiger partial charge >= 0.3 is 0 Å². The van der Waals surface area contributed by atoms with Gasteiger partial charge in [-0.2, -0.15) is 0 Å². The van der Waals surface area contributed by atoms with Gasteiger partial charge in [-0.3, -0.25) is 9.59 Å². The third-order valence-corrected chi connectivity index (χ3v) is 6.65. The molecule has 1 heterocycles. The van der Waals surface area contributed by atoms with E-state index in [1.807, 2.05) is 0 Å². The number of carbonyl (C=O) groups excluding carboxylic acids is 2. The fourth-order valence-electron chi connectivity index (χ4n) is 3.32. The first kappa shape index (κ1) is 20.5. The van der Waals surface area contributed by atoms with E-state index in [9.17, 15) is 22.4 Å². The highest BCUT2D eigenvalue weighted by molar-refractivity contribution is 7.97. The predicted octanol–water partition coefficient (Wildman–Crippen LogP) is 4.24. The van der Waals surface area contributed by atoms with Gasteiger partial charge in [0.05, 0.1) is 10.6 Å². The summed E-state index contributed by atoms with van der Waals surface area (Å²) in [7, 11) is -4.11. The third kappa shape index (κ3) is 3.85. The molecule has 3 aromatic carbocycles. The van der Waals surface area contributed by atoms with Gasteiger partial charge in [0, 0.05) is 22.5 Å². The van der Waals surface area contributed by atoms with Crippen LogP contribution in [0.1, 0.15) is 22.8 Å². The predicted molar refractivity (Wildman–Crippen MR) is 116 cm³/mol. The summed E-state index contributed by atoms with van der Waals surface area (Å²) in [5.74, 6) is -1.48. The van der Waals surface area contributed by atoms with Crippen molar-refractivity contribution >= 4 is 38.6 Å². The number of hydrogen-bond donors (Lipinski definition) is 2. The molecule has 0 atom stereocenters. The molecule has 1 aliphatic heterocycles. The van der Waals surface area contributed by atoms with Crippen LogP contribution >= 0.6 is 0 Å². The summed E-state index contributed by atoms with van der Waals surface area (Å²) >= 11 is 0. The lowest BCUT2D eigenvalue weighted by Crippen LogP contribution is -2.20. The maximum Gasteiger partial charge on any atom is 0.269 e. The lowest BCUT2D eigenvalue weighted by molar-refractivity contribution is -0.112. The summed E-state index contributed by atoms with van der Waals surface area (Å²) in [5.41, 5.74) is 1.61. The highest BCUT2D eigenvalue weighted by Crippen LogP contribution is 2.40. The minimum absolute atomic E-state index is 0.00415. The highest BCUT2D eigenvalue weighted by atomic mass is 32.2. The second kappa shape index (κ2) is 7.81. The molecule has 0 spiro atoms. The van der Waals surface area contributed by atoms with E-state index in [2.05, 4.69) is 10.6 Å². The van der Waals surface area contributed by atoms with Crippen LogP contribution in [0.5, 0.6) is 0 Å². The Morgan fingerprint density at radius 3 is 2.29 bits per heavy atom. The highest BCUT2D eigenvalue weighted by Gasteiger charge is 2.40. The van der Waals surface area contributed by atoms with Gasteiger partial charge in [0.15, 0.2) is 10.7 Å². The number of halogens is 1. The molecule has 0 aromatic heterocycles. The average Bonchev–Trinajstić information content (AvgIpc) is 2.97. The van der Waals surface area contributed by atoms with Crippen molar-refractivity contribution in [3.8, 4) is 0 Å². The van der Waals surface area contributed by atoms with E-state index in [-0.39, 0.29) is 22.1 Å². The van der Waals surface area contributed by atoms with Crippen molar-refractivity contribution in [2.75, 3.05) is 10.6 Å². The Morgan fingerprint density at radius 2 is 1.58 bits per heavy atom. The minimum atomic E-state index is -4.11. The van der Waals surface area contributed by atoms with Crippen molar-refractivity contribution < 1.29 is 22.4 Å². The maximum atomic E-state index is 13.2. The Labute approximate surface area is 178 Å². The van der Waals surface area contributed by atoms with E-state index in [0.29, 0.717) is 16.8 Å². The zero-order chi connectivity index (χ0) is 22.2. The Kier molecular flexibility index (Phi) is 5.16. The van der Waals surface area contributed by atoms with E-state index in [4.69, 9.17) is 0 Å². The summed E-state index contributed by atoms with van der Waals surface area (Å²) in [6.45, 7) is 1.43. The second-order valence-electron chi connectivity index (χ2n) is 6.93. The largest absolute Gasteiger partial charge is 0.354 e. The van der Waals surface area contributed by atoms with Gasteiger partial charge in [0.25, 0.3) is 5.91 Å². The fraction of sp³-hybridized carbons (Fsp3) is 0.0435. The second-order valence-corrected chi connectivity index (χ2v) is 8.78. The normalized spacial score (nSPS) is 14.1. The quantitative estimate of drug-likeness (QED) is 0.584. The molecule has 31 heavy (non-hydrogen) atoms. The molecule has 0 aliphatic carbocycles. The molecule has 8 heteroatoms. The molecule has 4 rings (SSSR count). The van der Waals surface area contributed by atoms with Crippen LogP contribution in [0.25, 0.3) is 5.70 Å². The Morgan fingerprint density at radius 1 is 0.871 bits per heavy atom. The van der Waals surface area contributed by atoms with Crippen molar-refractivity contribution in [3.05, 3.63) is 94.6 Å². The number of Topliss-reactive ketones (excluding diaryl/α,β-unsaturated/α-hetero) is 1. The monoisotopic (exact) mass is 436 g/mol. The van der Waals surface area contributed by atoms with Crippen LogP contribution in [0.2, 0.25) is 0 Å². The van der Waals surface area contributed by atoms with Gasteiger partial charge in [-0.05, 0) is 49.4 Å². The molecule has 0 saturated heterocycles. The number of ketones is 1. The van der Waals surface area contributed by atoms with Gasteiger partial charge in [0.1, 0.15) is 5.82 Å². The number of carbonyl (C=O) groups is 2. The molecule has 0 saturated carbocycles. The maximum absolute atomic E-state index is 13.2. The van der Waals surface area contributed by atoms with E-state index in [0.717, 1.165) is 12.1 Å². The topological polar surface area (TPSA) is 92.3 Å². The van der Waals surface area contributed by atoms with E-state index >= 15 is 0 Å². The molecule has 0 bridgehead atoms. The summed E-state index contributed by atoms with van der Waals surface area (Å²) < 4.78 is 39.5. The smallest absolute Gasteiger partial charge is 0.269 e. The molecule has 1 amide bonds. The van der Waals surface area contributed by atoms with Crippen molar-refractivity contribution in [1.29, 1.82) is 0 Å². The van der Waals surface area contributed by atoms with Gasteiger partial charge < -0.3 is 10.6 Å². The minimum Gasteiger partial charge on any atom is -0.354 e. The molecule has 0 fully saturated rings. The molecule has 6 nitrogen and oxygen atoms in total. The summed E-state index contributed by atoms with van der Waals surface area (Å²) in [6, 6.07) is 17.8. The van der Waals surface area contributed by atoms with E-state index in [1.165, 1.54) is 25.1 Å². The number of benzene rings is 3. The summed E-state index contributed by atoms with van der Waals surface area (Å²) in [6.07, 6.45) is 0. The van der Waals surface area contributed by atoms with Gasteiger partial charge in [-0.1, -0.05) is 30.3 Å². The zero-order valence-electron chi connectivity index (χ0n) is 16.3. The SMILES string of the molecule is CC(=O)c1cccc(NC2=C(C(=O)Nc3ccc(F)cc3)S(=O)(=O)c3ccccc32)c1. The first-order valence-corrected chi connectivity index (χ1v) is 10.8. The molecule has 1 aliphatic rings. The molecule has 0 unspecified atom stereocenters. The number of rotatable bonds is 5. The van der Waals surface area contributed by atoms with Gasteiger partial charge in [0.2, 0.25) is 9.84 Å². The third-order valence-electron chi connectivity index (χ3n) is 4.79. The van der Waals surface area contributed by atoms with Crippen LogP contribution in [0.3, 0.4) is 0 Å². The van der Waals surface area contributed by atoms with Gasteiger partial charge in [-0.25, -0.2) is 12.8 Å². The molecular formula is C23H17FN2O4S. The van der Waals surface area contributed by atoms with Crippen LogP contribution in [0, 0.1) is 5.82 Å². The number of hydrogen-bond acceptors (Lipinski definition) is 5. The van der Waals surface area contributed by atoms with Crippen molar-refractivity contribution in [3.63, 3.8) is 0 Å². The van der Waals surface area contributed by atoms with Crippen molar-refractivity contribution in [1.82, 2.24) is 0 Å². The molecule has 0 radical (unpaired) electrons. The number of anilines is 2. The number of sulfone groups is 1.